The smallest absolute Gasteiger partial charge is 0.317 e. The average Bonchev–Trinajstić information content (AvgIpc) is 2.81. The minimum atomic E-state index is -0.879. The van der Waals surface area contributed by atoms with Crippen LogP contribution in [-0.4, -0.2) is 35.1 Å². The van der Waals surface area contributed by atoms with E-state index in [1.54, 1.807) is 19.1 Å². The summed E-state index contributed by atoms with van der Waals surface area (Å²) in [7, 11) is 0. The van der Waals surface area contributed by atoms with Crippen LogP contribution in [0.5, 0.6) is 0 Å². The number of likely N-dealkylation sites (tertiary alicyclic amines) is 1. The minimum absolute atomic E-state index is 0.0716. The van der Waals surface area contributed by atoms with Crippen LogP contribution < -0.4 is 5.32 Å². The summed E-state index contributed by atoms with van der Waals surface area (Å²) < 4.78 is 13.2. The van der Waals surface area contributed by atoms with Gasteiger partial charge in [-0.2, -0.15) is 0 Å². The second kappa shape index (κ2) is 6.11. The van der Waals surface area contributed by atoms with Crippen molar-refractivity contribution in [2.75, 3.05) is 13.1 Å². The van der Waals surface area contributed by atoms with Crippen molar-refractivity contribution in [3.63, 3.8) is 0 Å². The first-order valence-electron chi connectivity index (χ1n) is 6.92. The Hall–Kier alpha value is -2.11. The number of hydrogen-bond acceptors (Lipinski definition) is 2. The molecule has 0 aliphatic carbocycles. The molecular weight excluding hydrogens is 275 g/mol. The third-order valence-electron chi connectivity index (χ3n) is 3.91. The molecule has 3 atom stereocenters. The lowest BCUT2D eigenvalue weighted by Crippen LogP contribution is -2.40. The third kappa shape index (κ3) is 3.51. The second-order valence-electron chi connectivity index (χ2n) is 5.55. The molecule has 0 spiro atoms. The van der Waals surface area contributed by atoms with E-state index in [1.165, 1.54) is 17.0 Å². The van der Waals surface area contributed by atoms with Crippen LogP contribution in [0, 0.1) is 17.7 Å². The van der Waals surface area contributed by atoms with Gasteiger partial charge in [-0.05, 0) is 30.5 Å². The normalized spacial score (nSPS) is 22.9. The van der Waals surface area contributed by atoms with Gasteiger partial charge < -0.3 is 15.3 Å². The van der Waals surface area contributed by atoms with Gasteiger partial charge in [0.2, 0.25) is 0 Å². The molecular formula is C15H19FN2O3. The van der Waals surface area contributed by atoms with Crippen LogP contribution in [-0.2, 0) is 4.79 Å². The standard InChI is InChI=1S/C15H19FN2O3/c1-9-7-18(8-13(9)14(19)20)15(21)17-10(2)11-4-3-5-12(16)6-11/h3-6,9-10,13H,7-8H2,1-2H3,(H,17,21)(H,19,20)/t9-,10?,13-/m1/s1. The molecule has 1 aliphatic heterocycles. The SMILES string of the molecule is CC(NC(=O)N1C[C@@H](C)[C@H](C(=O)O)C1)c1cccc(F)c1. The lowest BCUT2D eigenvalue weighted by molar-refractivity contribution is -0.142. The number of halogens is 1. The summed E-state index contributed by atoms with van der Waals surface area (Å²) in [5, 5.41) is 11.8. The fourth-order valence-electron chi connectivity index (χ4n) is 2.59. The molecule has 0 radical (unpaired) electrons. The zero-order valence-corrected chi connectivity index (χ0v) is 12.0. The number of carboxylic acid groups (broad SMARTS) is 1. The van der Waals surface area contributed by atoms with Gasteiger partial charge in [-0.3, -0.25) is 4.79 Å². The molecule has 5 nitrogen and oxygen atoms in total. The predicted octanol–water partition coefficient (Wildman–Crippen LogP) is 2.25. The van der Waals surface area contributed by atoms with Gasteiger partial charge in [-0.15, -0.1) is 0 Å². The molecule has 1 fully saturated rings. The van der Waals surface area contributed by atoms with Crippen LogP contribution in [0.15, 0.2) is 24.3 Å². The van der Waals surface area contributed by atoms with E-state index in [0.29, 0.717) is 12.1 Å². The van der Waals surface area contributed by atoms with Crippen LogP contribution >= 0.6 is 0 Å². The molecule has 0 bridgehead atoms. The van der Waals surface area contributed by atoms with E-state index in [0.717, 1.165) is 0 Å². The van der Waals surface area contributed by atoms with Crippen molar-refractivity contribution in [1.29, 1.82) is 0 Å². The van der Waals surface area contributed by atoms with Crippen molar-refractivity contribution in [3.05, 3.63) is 35.6 Å². The number of nitrogens with zero attached hydrogens (tertiary/aromatic N) is 1. The van der Waals surface area contributed by atoms with E-state index in [1.807, 2.05) is 6.92 Å². The number of amides is 2. The third-order valence-corrected chi connectivity index (χ3v) is 3.91. The van der Waals surface area contributed by atoms with Crippen molar-refractivity contribution < 1.29 is 19.1 Å². The van der Waals surface area contributed by atoms with Crippen LogP contribution in [0.2, 0.25) is 0 Å². The first-order valence-corrected chi connectivity index (χ1v) is 6.92. The molecule has 1 aromatic carbocycles. The Morgan fingerprint density at radius 3 is 2.71 bits per heavy atom. The van der Waals surface area contributed by atoms with Crippen LogP contribution in [0.25, 0.3) is 0 Å². The Kier molecular flexibility index (Phi) is 4.45. The van der Waals surface area contributed by atoms with E-state index in [4.69, 9.17) is 5.11 Å². The number of aliphatic carboxylic acids is 1. The molecule has 1 aromatic rings. The zero-order valence-electron chi connectivity index (χ0n) is 12.0. The van der Waals surface area contributed by atoms with Gasteiger partial charge in [-0.25, -0.2) is 9.18 Å². The summed E-state index contributed by atoms with van der Waals surface area (Å²) in [6.07, 6.45) is 0. The highest BCUT2D eigenvalue weighted by molar-refractivity contribution is 5.78. The molecule has 21 heavy (non-hydrogen) atoms. The maximum Gasteiger partial charge on any atom is 0.317 e. The van der Waals surface area contributed by atoms with Crippen molar-refractivity contribution in [2.45, 2.75) is 19.9 Å². The van der Waals surface area contributed by atoms with E-state index in [-0.39, 0.29) is 30.4 Å². The molecule has 114 valence electrons. The summed E-state index contributed by atoms with van der Waals surface area (Å²) in [4.78, 5) is 24.7. The molecule has 0 aromatic heterocycles. The van der Waals surface area contributed by atoms with E-state index in [9.17, 15) is 14.0 Å². The molecule has 0 saturated carbocycles. The Morgan fingerprint density at radius 1 is 1.43 bits per heavy atom. The van der Waals surface area contributed by atoms with Crippen molar-refractivity contribution in [3.8, 4) is 0 Å². The number of carbonyl (C=O) groups excluding carboxylic acids is 1. The molecule has 1 heterocycles. The van der Waals surface area contributed by atoms with Gasteiger partial charge in [-0.1, -0.05) is 19.1 Å². The van der Waals surface area contributed by atoms with Crippen LogP contribution in [0.3, 0.4) is 0 Å². The van der Waals surface area contributed by atoms with E-state index >= 15 is 0 Å². The van der Waals surface area contributed by atoms with Gasteiger partial charge in [0.05, 0.1) is 12.0 Å². The number of urea groups is 1. The number of carbonyl (C=O) groups is 2. The maximum atomic E-state index is 13.2. The maximum absolute atomic E-state index is 13.2. The van der Waals surface area contributed by atoms with Gasteiger partial charge in [0.15, 0.2) is 0 Å². The Balaban J connectivity index is 1.97. The van der Waals surface area contributed by atoms with Crippen molar-refractivity contribution in [2.24, 2.45) is 11.8 Å². The van der Waals surface area contributed by atoms with Crippen LogP contribution in [0.1, 0.15) is 25.5 Å². The fraction of sp³-hybridized carbons (Fsp3) is 0.467. The topological polar surface area (TPSA) is 69.6 Å². The highest BCUT2D eigenvalue weighted by Crippen LogP contribution is 2.23. The fourth-order valence-corrected chi connectivity index (χ4v) is 2.59. The predicted molar refractivity (Wildman–Crippen MR) is 75.2 cm³/mol. The minimum Gasteiger partial charge on any atom is -0.481 e. The zero-order chi connectivity index (χ0) is 15.6. The Labute approximate surface area is 122 Å². The summed E-state index contributed by atoms with van der Waals surface area (Å²) in [6, 6.07) is 5.39. The monoisotopic (exact) mass is 294 g/mol. The first-order chi connectivity index (χ1) is 9.88. The highest BCUT2D eigenvalue weighted by Gasteiger charge is 2.37. The van der Waals surface area contributed by atoms with Gasteiger partial charge in [0.1, 0.15) is 5.82 Å². The summed E-state index contributed by atoms with van der Waals surface area (Å²) in [5.74, 6) is -1.83. The van der Waals surface area contributed by atoms with Gasteiger partial charge in [0.25, 0.3) is 0 Å². The molecule has 1 unspecified atom stereocenters. The van der Waals surface area contributed by atoms with Crippen molar-refractivity contribution >= 4 is 12.0 Å². The lowest BCUT2D eigenvalue weighted by Gasteiger charge is -2.21. The quantitative estimate of drug-likeness (QED) is 0.898. The molecule has 6 heteroatoms. The van der Waals surface area contributed by atoms with Gasteiger partial charge >= 0.3 is 12.0 Å². The van der Waals surface area contributed by atoms with E-state index in [2.05, 4.69) is 5.32 Å². The summed E-state index contributed by atoms with van der Waals surface area (Å²) in [5.41, 5.74) is 0.672. The molecule has 1 aliphatic rings. The number of nitrogens with one attached hydrogen (secondary N) is 1. The number of carboxylic acids is 1. The summed E-state index contributed by atoms with van der Waals surface area (Å²) in [6.45, 7) is 4.21. The average molecular weight is 294 g/mol. The molecule has 1 saturated heterocycles. The lowest BCUT2D eigenvalue weighted by atomic mass is 9.99. The largest absolute Gasteiger partial charge is 0.481 e. The Bertz CT molecular complexity index is 549. The van der Waals surface area contributed by atoms with Crippen LogP contribution in [0.4, 0.5) is 9.18 Å². The summed E-state index contributed by atoms with van der Waals surface area (Å²) >= 11 is 0. The highest BCUT2D eigenvalue weighted by atomic mass is 19.1. The Morgan fingerprint density at radius 2 is 2.14 bits per heavy atom. The number of hydrogen-bond donors (Lipinski definition) is 2. The number of rotatable bonds is 3. The number of benzene rings is 1. The first kappa shape index (κ1) is 15.3. The molecule has 2 N–H and O–H groups in total. The van der Waals surface area contributed by atoms with Crippen molar-refractivity contribution in [1.82, 2.24) is 10.2 Å². The van der Waals surface area contributed by atoms with E-state index < -0.39 is 11.9 Å². The second-order valence-corrected chi connectivity index (χ2v) is 5.55. The molecule has 2 rings (SSSR count). The molecule has 2 amide bonds. The van der Waals surface area contributed by atoms with Gasteiger partial charge in [0, 0.05) is 13.1 Å².